The molecule has 6 heteroatoms. The normalized spacial score (nSPS) is 24.2. The zero-order valence-electron chi connectivity index (χ0n) is 9.99. The van der Waals surface area contributed by atoms with E-state index in [0.29, 0.717) is 22.7 Å². The molecule has 1 aliphatic rings. The van der Waals surface area contributed by atoms with E-state index < -0.39 is 5.60 Å². The van der Waals surface area contributed by atoms with Gasteiger partial charge in [0, 0.05) is 13.7 Å². The number of nitrogen functional groups attached to an aromatic ring is 1. The average molecular weight is 302 g/mol. The Labute approximate surface area is 109 Å². The lowest BCUT2D eigenvalue weighted by Crippen LogP contribution is -2.25. The second kappa shape index (κ2) is 4.88. The number of anilines is 1. The van der Waals surface area contributed by atoms with Crippen LogP contribution in [0.4, 0.5) is 5.82 Å². The van der Waals surface area contributed by atoms with Crippen LogP contribution in [0.25, 0.3) is 0 Å². The lowest BCUT2D eigenvalue weighted by Gasteiger charge is -2.22. The van der Waals surface area contributed by atoms with Crippen LogP contribution < -0.4 is 5.73 Å². The van der Waals surface area contributed by atoms with Crippen LogP contribution in [0, 0.1) is 0 Å². The van der Waals surface area contributed by atoms with Gasteiger partial charge in [-0.25, -0.2) is 9.97 Å². The van der Waals surface area contributed by atoms with Gasteiger partial charge in [0.25, 0.3) is 0 Å². The molecule has 0 saturated carbocycles. The summed E-state index contributed by atoms with van der Waals surface area (Å²) in [4.78, 5) is 8.80. The van der Waals surface area contributed by atoms with Crippen LogP contribution in [0.15, 0.2) is 4.47 Å². The van der Waals surface area contributed by atoms with E-state index in [-0.39, 0.29) is 0 Å². The largest absolute Gasteiger partial charge is 0.383 e. The Morgan fingerprint density at radius 2 is 2.29 bits per heavy atom. The summed E-state index contributed by atoms with van der Waals surface area (Å²) in [5.74, 6) is 1.07. The summed E-state index contributed by atoms with van der Waals surface area (Å²) in [6.07, 6.45) is 1.94. The summed E-state index contributed by atoms with van der Waals surface area (Å²) < 4.78 is 11.5. The van der Waals surface area contributed by atoms with Crippen LogP contribution >= 0.6 is 15.9 Å². The fourth-order valence-electron chi connectivity index (χ4n) is 1.94. The molecule has 0 spiro atoms. The van der Waals surface area contributed by atoms with Crippen molar-refractivity contribution in [3.05, 3.63) is 16.0 Å². The van der Waals surface area contributed by atoms with E-state index >= 15 is 0 Å². The number of nitrogens with zero attached hydrogens (tertiary/aromatic N) is 2. The van der Waals surface area contributed by atoms with Crippen LogP contribution in [0.3, 0.4) is 0 Å². The van der Waals surface area contributed by atoms with Crippen LogP contribution in [-0.2, 0) is 21.7 Å². The summed E-state index contributed by atoms with van der Waals surface area (Å²) in [5, 5.41) is 0. The first-order valence-electron chi connectivity index (χ1n) is 5.52. The zero-order valence-corrected chi connectivity index (χ0v) is 11.6. The Morgan fingerprint density at radius 3 is 2.88 bits per heavy atom. The number of ether oxygens (including phenoxy) is 2. The maximum Gasteiger partial charge on any atom is 0.162 e. The third-order valence-electron chi connectivity index (χ3n) is 2.92. The first kappa shape index (κ1) is 12.7. The van der Waals surface area contributed by atoms with Crippen molar-refractivity contribution in [3.8, 4) is 0 Å². The molecule has 0 aromatic carbocycles. The maximum absolute atomic E-state index is 5.87. The first-order chi connectivity index (χ1) is 8.07. The van der Waals surface area contributed by atoms with Crippen LogP contribution in [0.2, 0.25) is 0 Å². The van der Waals surface area contributed by atoms with Crippen molar-refractivity contribution in [1.29, 1.82) is 0 Å². The monoisotopic (exact) mass is 301 g/mol. The van der Waals surface area contributed by atoms with Gasteiger partial charge in [-0.3, -0.25) is 0 Å². The molecule has 1 atom stereocenters. The van der Waals surface area contributed by atoms with Crippen LogP contribution in [0.5, 0.6) is 0 Å². The maximum atomic E-state index is 5.87. The lowest BCUT2D eigenvalue weighted by atomic mass is 10.0. The highest BCUT2D eigenvalue weighted by atomic mass is 79.9. The molecule has 1 aliphatic heterocycles. The summed E-state index contributed by atoms with van der Waals surface area (Å²) in [7, 11) is 1.62. The minimum Gasteiger partial charge on any atom is -0.383 e. The Morgan fingerprint density at radius 1 is 1.53 bits per heavy atom. The van der Waals surface area contributed by atoms with Gasteiger partial charge in [-0.15, -0.1) is 0 Å². The molecule has 0 amide bonds. The van der Waals surface area contributed by atoms with Crippen molar-refractivity contribution in [2.24, 2.45) is 0 Å². The number of hydrogen-bond donors (Lipinski definition) is 1. The fourth-order valence-corrected chi connectivity index (χ4v) is 2.23. The van der Waals surface area contributed by atoms with Gasteiger partial charge in [-0.2, -0.15) is 0 Å². The Bertz CT molecular complexity index is 419. The predicted molar refractivity (Wildman–Crippen MR) is 67.4 cm³/mol. The molecule has 1 aromatic rings. The SMILES string of the molecule is COCc1nc(C2(C)CCCO2)nc(N)c1Br. The Kier molecular flexibility index (Phi) is 3.65. The van der Waals surface area contributed by atoms with Gasteiger partial charge < -0.3 is 15.2 Å². The molecule has 0 bridgehead atoms. The van der Waals surface area contributed by atoms with E-state index in [2.05, 4.69) is 25.9 Å². The van der Waals surface area contributed by atoms with Crippen molar-refractivity contribution >= 4 is 21.7 Å². The highest BCUT2D eigenvalue weighted by Gasteiger charge is 2.35. The van der Waals surface area contributed by atoms with Crippen LogP contribution in [0.1, 0.15) is 31.3 Å². The quantitative estimate of drug-likeness (QED) is 0.924. The molecule has 1 unspecified atom stereocenters. The number of halogens is 1. The number of aromatic nitrogens is 2. The lowest BCUT2D eigenvalue weighted by molar-refractivity contribution is 0.00896. The Hall–Kier alpha value is -0.720. The zero-order chi connectivity index (χ0) is 12.5. The topological polar surface area (TPSA) is 70.3 Å². The second-order valence-electron chi connectivity index (χ2n) is 4.31. The van der Waals surface area contributed by atoms with Crippen LogP contribution in [-0.4, -0.2) is 23.7 Å². The van der Waals surface area contributed by atoms with E-state index in [1.807, 2.05) is 6.92 Å². The average Bonchev–Trinajstić information content (AvgIpc) is 2.73. The van der Waals surface area contributed by atoms with E-state index in [9.17, 15) is 0 Å². The highest BCUT2D eigenvalue weighted by molar-refractivity contribution is 9.10. The molecule has 5 nitrogen and oxygen atoms in total. The first-order valence-corrected chi connectivity index (χ1v) is 6.31. The van der Waals surface area contributed by atoms with Gasteiger partial charge in [0.1, 0.15) is 11.4 Å². The number of methoxy groups -OCH3 is 1. The van der Waals surface area contributed by atoms with Crippen molar-refractivity contribution < 1.29 is 9.47 Å². The van der Waals surface area contributed by atoms with Gasteiger partial charge in [0.2, 0.25) is 0 Å². The van der Waals surface area contributed by atoms with Crippen molar-refractivity contribution in [2.75, 3.05) is 19.5 Å². The van der Waals surface area contributed by atoms with Gasteiger partial charge >= 0.3 is 0 Å². The van der Waals surface area contributed by atoms with E-state index in [1.54, 1.807) is 7.11 Å². The van der Waals surface area contributed by atoms with Crippen molar-refractivity contribution in [2.45, 2.75) is 32.0 Å². The summed E-state index contributed by atoms with van der Waals surface area (Å²) in [6, 6.07) is 0. The smallest absolute Gasteiger partial charge is 0.162 e. The minimum atomic E-state index is -0.419. The minimum absolute atomic E-state index is 0.399. The molecular formula is C11H16BrN3O2. The molecular weight excluding hydrogens is 286 g/mol. The van der Waals surface area contributed by atoms with E-state index in [0.717, 1.165) is 25.1 Å². The van der Waals surface area contributed by atoms with Gasteiger partial charge in [0.15, 0.2) is 5.82 Å². The molecule has 2 N–H and O–H groups in total. The summed E-state index contributed by atoms with van der Waals surface area (Å²) >= 11 is 3.37. The number of hydrogen-bond acceptors (Lipinski definition) is 5. The van der Waals surface area contributed by atoms with Crippen molar-refractivity contribution in [3.63, 3.8) is 0 Å². The molecule has 2 heterocycles. The third kappa shape index (κ3) is 2.43. The number of nitrogens with two attached hydrogens (primary N) is 1. The predicted octanol–water partition coefficient (Wildman–Crippen LogP) is 1.99. The van der Waals surface area contributed by atoms with Gasteiger partial charge in [-0.1, -0.05) is 0 Å². The molecule has 1 saturated heterocycles. The standard InChI is InChI=1S/C11H16BrN3O2/c1-11(4-3-5-17-11)10-14-7(6-16-2)8(12)9(13)15-10/h3-6H2,1-2H3,(H2,13,14,15). The second-order valence-corrected chi connectivity index (χ2v) is 5.10. The molecule has 2 rings (SSSR count). The fraction of sp³-hybridized carbons (Fsp3) is 0.636. The number of rotatable bonds is 3. The summed E-state index contributed by atoms with van der Waals surface area (Å²) in [6.45, 7) is 3.14. The molecule has 0 aliphatic carbocycles. The molecule has 17 heavy (non-hydrogen) atoms. The molecule has 0 radical (unpaired) electrons. The highest BCUT2D eigenvalue weighted by Crippen LogP contribution is 2.35. The van der Waals surface area contributed by atoms with Crippen molar-refractivity contribution in [1.82, 2.24) is 9.97 Å². The molecule has 94 valence electrons. The van der Waals surface area contributed by atoms with Gasteiger partial charge in [0.05, 0.1) is 16.8 Å². The Balaban J connectivity index is 2.41. The van der Waals surface area contributed by atoms with Gasteiger partial charge in [-0.05, 0) is 35.7 Å². The summed E-state index contributed by atoms with van der Waals surface area (Å²) in [5.41, 5.74) is 6.21. The molecule has 1 aromatic heterocycles. The molecule has 1 fully saturated rings. The third-order valence-corrected chi connectivity index (χ3v) is 3.78. The van der Waals surface area contributed by atoms with E-state index in [1.165, 1.54) is 0 Å². The van der Waals surface area contributed by atoms with E-state index in [4.69, 9.17) is 15.2 Å².